The number of carbonyl (C=O) groups excluding carboxylic acids is 1. The highest BCUT2D eigenvalue weighted by molar-refractivity contribution is 6.29. The molecule has 1 aromatic heterocycles. The average molecular weight is 426 g/mol. The smallest absolute Gasteiger partial charge is 0.283 e. The molecule has 3 N–H and O–H groups in total. The van der Waals surface area contributed by atoms with Crippen LogP contribution in [0.15, 0.2) is 29.4 Å². The van der Waals surface area contributed by atoms with Gasteiger partial charge in [0.2, 0.25) is 0 Å². The number of fused-ring (bicyclic) bond motifs is 1. The second-order valence-corrected chi connectivity index (χ2v) is 7.24. The molecule has 7 nitrogen and oxygen atoms in total. The summed E-state index contributed by atoms with van der Waals surface area (Å²) < 4.78 is 48.1. The maximum Gasteiger partial charge on any atom is 0.283 e. The van der Waals surface area contributed by atoms with E-state index in [1.807, 2.05) is 0 Å². The number of rotatable bonds is 4. The summed E-state index contributed by atoms with van der Waals surface area (Å²) >= 11 is 5.73. The van der Waals surface area contributed by atoms with Crippen LogP contribution in [-0.2, 0) is 10.3 Å². The quantitative estimate of drug-likeness (QED) is 0.783. The zero-order chi connectivity index (χ0) is 20.9. The highest BCUT2D eigenvalue weighted by Crippen LogP contribution is 2.56. The number of nitrogens with two attached hydrogens (primary N) is 1. The Morgan fingerprint density at radius 3 is 2.90 bits per heavy atom. The number of hydrogen-bond acceptors (Lipinski definition) is 6. The van der Waals surface area contributed by atoms with Crippen molar-refractivity contribution in [1.82, 2.24) is 9.97 Å². The summed E-state index contributed by atoms with van der Waals surface area (Å²) in [5.41, 5.74) is 3.40. The van der Waals surface area contributed by atoms with Gasteiger partial charge in [-0.1, -0.05) is 11.6 Å². The number of hydrogen-bond donors (Lipinski definition) is 2. The number of alkyl halides is 2. The third kappa shape index (κ3) is 3.27. The molecule has 2 aromatic rings. The second-order valence-electron chi connectivity index (χ2n) is 6.85. The van der Waals surface area contributed by atoms with Crippen LogP contribution >= 0.6 is 11.6 Å². The monoisotopic (exact) mass is 425 g/mol. The maximum atomic E-state index is 14.6. The van der Waals surface area contributed by atoms with E-state index in [4.69, 9.17) is 22.1 Å². The molecule has 2 heterocycles. The Bertz CT molecular complexity index is 1030. The molecule has 0 unspecified atom stereocenters. The number of nitrogens with zero attached hydrogens (tertiary/aromatic N) is 3. The number of carbonyl (C=O) groups is 1. The van der Waals surface area contributed by atoms with Crippen LogP contribution in [0.5, 0.6) is 0 Å². The minimum absolute atomic E-state index is 0.000522. The Hall–Kier alpha value is -2.88. The van der Waals surface area contributed by atoms with Crippen molar-refractivity contribution >= 4 is 29.2 Å². The van der Waals surface area contributed by atoms with Crippen LogP contribution < -0.4 is 11.1 Å². The van der Waals surface area contributed by atoms with Crippen molar-refractivity contribution in [2.75, 3.05) is 5.32 Å². The van der Waals surface area contributed by atoms with Crippen LogP contribution in [0, 0.1) is 18.7 Å². The van der Waals surface area contributed by atoms with Crippen molar-refractivity contribution in [2.24, 2.45) is 16.6 Å². The van der Waals surface area contributed by atoms with E-state index in [2.05, 4.69) is 20.3 Å². The summed E-state index contributed by atoms with van der Waals surface area (Å²) in [4.78, 5) is 24.1. The fourth-order valence-electron chi connectivity index (χ4n) is 3.58. The van der Waals surface area contributed by atoms with Crippen LogP contribution in [-0.4, -0.2) is 34.4 Å². The number of aliphatic imine (C=N–C) groups is 1. The van der Waals surface area contributed by atoms with Gasteiger partial charge in [0.05, 0.1) is 11.9 Å². The average Bonchev–Trinajstić information content (AvgIpc) is 3.41. The van der Waals surface area contributed by atoms with Gasteiger partial charge in [0, 0.05) is 17.2 Å². The highest BCUT2D eigenvalue weighted by atomic mass is 35.5. The molecule has 2 aliphatic rings. The van der Waals surface area contributed by atoms with Gasteiger partial charge in [-0.2, -0.15) is 0 Å². The van der Waals surface area contributed by atoms with Crippen molar-refractivity contribution < 1.29 is 22.7 Å². The molecule has 4 rings (SSSR count). The number of aromatic nitrogens is 2. The predicted octanol–water partition coefficient (Wildman–Crippen LogP) is 3.02. The van der Waals surface area contributed by atoms with Crippen LogP contribution in [0.25, 0.3) is 0 Å². The Kier molecular flexibility index (Phi) is 4.60. The van der Waals surface area contributed by atoms with E-state index < -0.39 is 41.7 Å². The Balaban J connectivity index is 1.71. The molecule has 0 saturated heterocycles. The van der Waals surface area contributed by atoms with Gasteiger partial charge in [-0.05, 0) is 31.5 Å². The molecule has 0 bridgehead atoms. The standard InChI is InChI=1S/C18H15ClF3N5O2/c1-7-14(24-6-13(19)25-7)15(28)26-8-2-3-11(20)9(4-8)18(16(21)22)10-5-12(10)29-17(23)27-18/h2-4,6,10,12,16H,5H2,1H3,(H2,23,27)(H,26,28)/t10-,12+,18+/m0/s1. The molecule has 0 spiro atoms. The third-order valence-electron chi connectivity index (χ3n) is 4.99. The zero-order valence-corrected chi connectivity index (χ0v) is 15.8. The molecule has 1 fully saturated rings. The van der Waals surface area contributed by atoms with Gasteiger partial charge in [-0.25, -0.2) is 28.1 Å². The van der Waals surface area contributed by atoms with E-state index in [0.29, 0.717) is 0 Å². The van der Waals surface area contributed by atoms with Crippen LogP contribution in [0.2, 0.25) is 5.15 Å². The first kappa shape index (κ1) is 19.4. The number of halogens is 4. The van der Waals surface area contributed by atoms with Gasteiger partial charge in [-0.15, -0.1) is 0 Å². The van der Waals surface area contributed by atoms with Gasteiger partial charge < -0.3 is 15.8 Å². The van der Waals surface area contributed by atoms with Crippen molar-refractivity contribution in [1.29, 1.82) is 0 Å². The number of benzene rings is 1. The molecular formula is C18H15ClF3N5O2. The van der Waals surface area contributed by atoms with Crippen molar-refractivity contribution in [2.45, 2.75) is 31.4 Å². The third-order valence-corrected chi connectivity index (χ3v) is 5.17. The van der Waals surface area contributed by atoms with Crippen LogP contribution in [0.1, 0.15) is 28.2 Å². The number of aryl methyl sites for hydroxylation is 1. The predicted molar refractivity (Wildman–Crippen MR) is 98.4 cm³/mol. The molecule has 152 valence electrons. The molecule has 1 aliphatic heterocycles. The van der Waals surface area contributed by atoms with E-state index in [1.54, 1.807) is 6.92 Å². The topological polar surface area (TPSA) is 102 Å². The van der Waals surface area contributed by atoms with E-state index in [1.165, 1.54) is 12.3 Å². The SMILES string of the molecule is Cc1nc(Cl)cnc1C(=O)Nc1ccc(F)c([C@@]2(C(F)F)N=C(N)O[C@@H]3C[C@@H]32)c1. The van der Waals surface area contributed by atoms with E-state index in [9.17, 15) is 18.0 Å². The lowest BCUT2D eigenvalue weighted by Gasteiger charge is -2.33. The summed E-state index contributed by atoms with van der Waals surface area (Å²) in [6, 6.07) is 2.97. The lowest BCUT2D eigenvalue weighted by atomic mass is 9.84. The Morgan fingerprint density at radius 2 is 2.21 bits per heavy atom. The number of ether oxygens (including phenoxy) is 1. The normalized spacial score (nSPS) is 25.1. The summed E-state index contributed by atoms with van der Waals surface area (Å²) in [6.07, 6.45) is -2.07. The summed E-state index contributed by atoms with van der Waals surface area (Å²) in [5.74, 6) is -2.23. The molecule has 29 heavy (non-hydrogen) atoms. The molecule has 3 atom stereocenters. The fraction of sp³-hybridized carbons (Fsp3) is 0.333. The molecule has 1 aliphatic carbocycles. The van der Waals surface area contributed by atoms with E-state index >= 15 is 0 Å². The van der Waals surface area contributed by atoms with Crippen molar-refractivity contribution in [3.05, 3.63) is 52.3 Å². The van der Waals surface area contributed by atoms with Gasteiger partial charge in [-0.3, -0.25) is 4.79 Å². The Morgan fingerprint density at radius 1 is 1.45 bits per heavy atom. The molecule has 1 aromatic carbocycles. The first-order valence-corrected chi connectivity index (χ1v) is 9.01. The molecule has 1 saturated carbocycles. The maximum absolute atomic E-state index is 14.6. The van der Waals surface area contributed by atoms with Gasteiger partial charge in [0.25, 0.3) is 18.4 Å². The molecule has 1 amide bonds. The van der Waals surface area contributed by atoms with Crippen LogP contribution in [0.4, 0.5) is 18.9 Å². The summed E-state index contributed by atoms with van der Waals surface area (Å²) in [7, 11) is 0. The number of nitrogens with one attached hydrogen (secondary N) is 1. The molecule has 0 radical (unpaired) electrons. The number of amidine groups is 1. The van der Waals surface area contributed by atoms with Gasteiger partial charge in [0.1, 0.15) is 22.8 Å². The summed E-state index contributed by atoms with van der Waals surface area (Å²) in [6.45, 7) is 1.54. The lowest BCUT2D eigenvalue weighted by molar-refractivity contribution is 0.0177. The van der Waals surface area contributed by atoms with Gasteiger partial charge in [0.15, 0.2) is 5.54 Å². The van der Waals surface area contributed by atoms with E-state index in [0.717, 1.165) is 12.1 Å². The minimum Gasteiger partial charge on any atom is -0.462 e. The molecule has 11 heteroatoms. The van der Waals surface area contributed by atoms with Crippen molar-refractivity contribution in [3.8, 4) is 0 Å². The Labute approximate surface area is 168 Å². The largest absolute Gasteiger partial charge is 0.462 e. The fourth-order valence-corrected chi connectivity index (χ4v) is 3.75. The first-order chi connectivity index (χ1) is 13.7. The van der Waals surface area contributed by atoms with Gasteiger partial charge >= 0.3 is 0 Å². The van der Waals surface area contributed by atoms with Crippen LogP contribution in [0.3, 0.4) is 0 Å². The molecular weight excluding hydrogens is 411 g/mol. The minimum atomic E-state index is -3.02. The lowest BCUT2D eigenvalue weighted by Crippen LogP contribution is -2.43. The van der Waals surface area contributed by atoms with Crippen molar-refractivity contribution in [3.63, 3.8) is 0 Å². The first-order valence-electron chi connectivity index (χ1n) is 8.63. The number of amides is 1. The second kappa shape index (κ2) is 6.87. The van der Waals surface area contributed by atoms with E-state index in [-0.39, 0.29) is 34.2 Å². The zero-order valence-electron chi connectivity index (χ0n) is 15.0. The highest BCUT2D eigenvalue weighted by Gasteiger charge is 2.64. The summed E-state index contributed by atoms with van der Waals surface area (Å²) in [5, 5.41) is 2.64. The number of anilines is 1.